The highest BCUT2D eigenvalue weighted by atomic mass is 19.4. The first-order valence-electron chi connectivity index (χ1n) is 11.5. The minimum Gasteiger partial charge on any atom is -0.322 e. The minimum atomic E-state index is -4.43. The highest BCUT2D eigenvalue weighted by molar-refractivity contribution is 5.89. The van der Waals surface area contributed by atoms with Crippen molar-refractivity contribution in [3.63, 3.8) is 0 Å². The maximum absolute atomic E-state index is 12.8. The molecule has 0 radical (unpaired) electrons. The van der Waals surface area contributed by atoms with E-state index in [-0.39, 0.29) is 12.1 Å². The average Bonchev–Trinajstić information content (AvgIpc) is 2.90. The largest absolute Gasteiger partial charge is 0.416 e. The SMILES string of the molecule is [N-]=[N+]=N[C@@H](c1ccccc1)[C@@H](c1ccccc1)N1CCN(C(=O)Nc2ccc(C(F)(F)F)cc2)CC1. The van der Waals surface area contributed by atoms with E-state index < -0.39 is 17.8 Å². The molecule has 0 aliphatic carbocycles. The molecule has 1 fully saturated rings. The van der Waals surface area contributed by atoms with Gasteiger partial charge in [0.15, 0.2) is 0 Å². The summed E-state index contributed by atoms with van der Waals surface area (Å²) in [7, 11) is 0. The number of anilines is 1. The molecule has 1 saturated heterocycles. The van der Waals surface area contributed by atoms with Gasteiger partial charge in [0.1, 0.15) is 0 Å². The zero-order valence-corrected chi connectivity index (χ0v) is 19.3. The van der Waals surface area contributed by atoms with E-state index in [2.05, 4.69) is 20.2 Å². The third kappa shape index (κ3) is 5.97. The summed E-state index contributed by atoms with van der Waals surface area (Å²) in [6.07, 6.45) is -4.43. The molecule has 186 valence electrons. The normalized spacial score (nSPS) is 16.0. The van der Waals surface area contributed by atoms with Gasteiger partial charge in [0.25, 0.3) is 0 Å². The molecule has 1 aliphatic heterocycles. The number of nitrogens with zero attached hydrogens (tertiary/aromatic N) is 5. The molecule has 4 rings (SSSR count). The van der Waals surface area contributed by atoms with Crippen molar-refractivity contribution in [2.45, 2.75) is 18.3 Å². The number of benzene rings is 3. The first kappa shape index (κ1) is 25.1. The zero-order valence-electron chi connectivity index (χ0n) is 19.3. The molecule has 2 atom stereocenters. The lowest BCUT2D eigenvalue weighted by Gasteiger charge is -2.41. The quantitative estimate of drug-likeness (QED) is 0.236. The summed E-state index contributed by atoms with van der Waals surface area (Å²) in [4.78, 5) is 19.7. The molecule has 1 heterocycles. The summed E-state index contributed by atoms with van der Waals surface area (Å²) in [5, 5.41) is 6.82. The fraction of sp³-hybridized carbons (Fsp3) is 0.269. The van der Waals surface area contributed by atoms with Crippen LogP contribution in [0.25, 0.3) is 10.4 Å². The number of alkyl halides is 3. The predicted octanol–water partition coefficient (Wildman–Crippen LogP) is 6.65. The van der Waals surface area contributed by atoms with Gasteiger partial charge in [0.2, 0.25) is 0 Å². The van der Waals surface area contributed by atoms with E-state index in [1.54, 1.807) is 4.90 Å². The lowest BCUT2D eigenvalue weighted by molar-refractivity contribution is -0.137. The molecule has 2 amide bonds. The van der Waals surface area contributed by atoms with Crippen molar-refractivity contribution in [1.29, 1.82) is 0 Å². The number of piperazine rings is 1. The van der Waals surface area contributed by atoms with Gasteiger partial charge in [-0.25, -0.2) is 4.79 Å². The van der Waals surface area contributed by atoms with Crippen LogP contribution >= 0.6 is 0 Å². The maximum atomic E-state index is 12.8. The monoisotopic (exact) mass is 494 g/mol. The maximum Gasteiger partial charge on any atom is 0.416 e. The number of carbonyl (C=O) groups is 1. The van der Waals surface area contributed by atoms with E-state index in [1.165, 1.54) is 12.1 Å². The fourth-order valence-electron chi connectivity index (χ4n) is 4.41. The third-order valence-corrected chi connectivity index (χ3v) is 6.22. The van der Waals surface area contributed by atoms with Gasteiger partial charge in [-0.1, -0.05) is 65.8 Å². The van der Waals surface area contributed by atoms with Crippen molar-refractivity contribution in [2.75, 3.05) is 31.5 Å². The van der Waals surface area contributed by atoms with E-state index in [0.29, 0.717) is 31.9 Å². The Kier molecular flexibility index (Phi) is 7.77. The second-order valence-electron chi connectivity index (χ2n) is 8.44. The van der Waals surface area contributed by atoms with Gasteiger partial charge in [0, 0.05) is 42.8 Å². The van der Waals surface area contributed by atoms with Crippen LogP contribution in [0.5, 0.6) is 0 Å². The summed E-state index contributed by atoms with van der Waals surface area (Å²) in [6.45, 7) is 1.88. The van der Waals surface area contributed by atoms with E-state index in [9.17, 15) is 23.5 Å². The van der Waals surface area contributed by atoms with Crippen LogP contribution in [0, 0.1) is 0 Å². The highest BCUT2D eigenvalue weighted by Crippen LogP contribution is 2.38. The summed E-state index contributed by atoms with van der Waals surface area (Å²) in [5.41, 5.74) is 10.7. The average molecular weight is 495 g/mol. The molecule has 0 spiro atoms. The Bertz CT molecular complexity index is 1190. The van der Waals surface area contributed by atoms with Gasteiger partial charge in [0.05, 0.1) is 11.6 Å². The zero-order chi connectivity index (χ0) is 25.5. The Morgan fingerprint density at radius 2 is 1.42 bits per heavy atom. The number of nitrogens with one attached hydrogen (secondary N) is 1. The van der Waals surface area contributed by atoms with Crippen LogP contribution in [-0.4, -0.2) is 42.0 Å². The summed E-state index contributed by atoms with van der Waals surface area (Å²) in [6, 6.07) is 22.7. The van der Waals surface area contributed by atoms with Gasteiger partial charge in [-0.3, -0.25) is 4.90 Å². The number of carbonyl (C=O) groups excluding carboxylic acids is 1. The van der Waals surface area contributed by atoms with E-state index in [4.69, 9.17) is 0 Å². The van der Waals surface area contributed by atoms with Crippen LogP contribution < -0.4 is 5.32 Å². The van der Waals surface area contributed by atoms with Crippen LogP contribution in [-0.2, 0) is 6.18 Å². The molecule has 1 aliphatic rings. The van der Waals surface area contributed by atoms with Crippen molar-refractivity contribution in [2.24, 2.45) is 5.11 Å². The molecule has 0 unspecified atom stereocenters. The highest BCUT2D eigenvalue weighted by Gasteiger charge is 2.33. The Labute approximate surface area is 206 Å². The van der Waals surface area contributed by atoms with Crippen LogP contribution in [0.2, 0.25) is 0 Å². The van der Waals surface area contributed by atoms with Crippen molar-refractivity contribution in [3.05, 3.63) is 112 Å². The van der Waals surface area contributed by atoms with Crippen molar-refractivity contribution in [1.82, 2.24) is 9.80 Å². The molecule has 3 aromatic carbocycles. The smallest absolute Gasteiger partial charge is 0.322 e. The minimum absolute atomic E-state index is 0.232. The topological polar surface area (TPSA) is 84.3 Å². The Balaban J connectivity index is 1.47. The van der Waals surface area contributed by atoms with Crippen LogP contribution in [0.1, 0.15) is 28.8 Å². The molecule has 36 heavy (non-hydrogen) atoms. The van der Waals surface area contributed by atoms with Crippen LogP contribution in [0.4, 0.5) is 23.7 Å². The molecule has 0 bridgehead atoms. The first-order chi connectivity index (χ1) is 17.4. The fourth-order valence-corrected chi connectivity index (χ4v) is 4.41. The van der Waals surface area contributed by atoms with Crippen molar-refractivity contribution < 1.29 is 18.0 Å². The van der Waals surface area contributed by atoms with Gasteiger partial charge in [-0.2, -0.15) is 13.2 Å². The number of halogens is 3. The van der Waals surface area contributed by atoms with E-state index in [1.807, 2.05) is 60.7 Å². The molecule has 10 heteroatoms. The van der Waals surface area contributed by atoms with Gasteiger partial charge < -0.3 is 10.2 Å². The van der Waals surface area contributed by atoms with Gasteiger partial charge in [-0.15, -0.1) is 0 Å². The van der Waals surface area contributed by atoms with Gasteiger partial charge >= 0.3 is 12.2 Å². The second-order valence-corrected chi connectivity index (χ2v) is 8.44. The van der Waals surface area contributed by atoms with Crippen molar-refractivity contribution >= 4 is 11.7 Å². The Morgan fingerprint density at radius 1 is 0.861 bits per heavy atom. The Morgan fingerprint density at radius 3 is 1.94 bits per heavy atom. The van der Waals surface area contributed by atoms with Crippen molar-refractivity contribution in [3.8, 4) is 0 Å². The number of hydrogen-bond acceptors (Lipinski definition) is 3. The molecule has 3 aromatic rings. The van der Waals surface area contributed by atoms with E-state index >= 15 is 0 Å². The molecular formula is C26H25F3N6O. The third-order valence-electron chi connectivity index (χ3n) is 6.22. The van der Waals surface area contributed by atoms with E-state index in [0.717, 1.165) is 23.3 Å². The number of hydrogen-bond donors (Lipinski definition) is 1. The molecular weight excluding hydrogens is 469 g/mol. The Hall–Kier alpha value is -4.01. The number of urea groups is 1. The number of amides is 2. The van der Waals surface area contributed by atoms with Crippen LogP contribution in [0.3, 0.4) is 0 Å². The predicted molar refractivity (Wildman–Crippen MR) is 131 cm³/mol. The summed E-state index contributed by atoms with van der Waals surface area (Å²) >= 11 is 0. The summed E-state index contributed by atoms with van der Waals surface area (Å²) < 4.78 is 38.4. The lowest BCUT2D eigenvalue weighted by Crippen LogP contribution is -2.51. The van der Waals surface area contributed by atoms with Crippen LogP contribution in [0.15, 0.2) is 90.0 Å². The van der Waals surface area contributed by atoms with Gasteiger partial charge in [-0.05, 0) is 40.9 Å². The number of rotatable bonds is 6. The summed E-state index contributed by atoms with van der Waals surface area (Å²) in [5.74, 6) is 0. The molecule has 7 nitrogen and oxygen atoms in total. The number of azide groups is 1. The first-order valence-corrected chi connectivity index (χ1v) is 11.5. The molecule has 0 aromatic heterocycles. The lowest BCUT2D eigenvalue weighted by atomic mass is 9.92. The standard InChI is InChI=1S/C26H25F3N6O/c27-26(28,29)21-11-13-22(14-12-21)31-25(36)35-17-15-34(16-18-35)24(20-9-5-2-6-10-20)23(32-33-30)19-7-3-1-4-8-19/h1-14,23-24H,15-18H2,(H,31,36)/t23-,24+/m0/s1. The molecule has 1 N–H and O–H groups in total. The second kappa shape index (κ2) is 11.2. The molecule has 0 saturated carbocycles.